The number of aliphatic carboxylic acids is 1. The number of aldehydes is 1. The molecule has 2 rings (SSSR count). The zero-order chi connectivity index (χ0) is 18.2. The van der Waals surface area contributed by atoms with Crippen LogP contribution in [-0.2, 0) is 22.4 Å². The molecule has 6 heteroatoms. The monoisotopic (exact) mass is 360 g/mol. The van der Waals surface area contributed by atoms with Crippen LogP contribution < -0.4 is 5.32 Å². The number of aromatic nitrogens is 1. The van der Waals surface area contributed by atoms with Gasteiger partial charge in [-0.25, -0.2) is 4.98 Å². The van der Waals surface area contributed by atoms with Gasteiger partial charge in [0.2, 0.25) is 0 Å². The number of rotatable bonds is 10. The van der Waals surface area contributed by atoms with Crippen molar-refractivity contribution in [1.82, 2.24) is 10.3 Å². The van der Waals surface area contributed by atoms with Gasteiger partial charge in [-0.1, -0.05) is 44.2 Å². The first-order valence-electron chi connectivity index (χ1n) is 8.39. The minimum absolute atomic E-state index is 0.267. The number of nitrogens with zero attached hydrogens (tertiary/aromatic N) is 1. The van der Waals surface area contributed by atoms with Crippen LogP contribution in [0.1, 0.15) is 36.5 Å². The van der Waals surface area contributed by atoms with Crippen LogP contribution in [0.3, 0.4) is 0 Å². The summed E-state index contributed by atoms with van der Waals surface area (Å²) in [4.78, 5) is 27.3. The smallest absolute Gasteiger partial charge is 0.321 e. The second-order valence-electron chi connectivity index (χ2n) is 6.53. The van der Waals surface area contributed by atoms with E-state index in [0.717, 1.165) is 23.4 Å². The Bertz CT molecular complexity index is 685. The fraction of sp³-hybridized carbons (Fsp3) is 0.421. The molecule has 134 valence electrons. The maximum Gasteiger partial charge on any atom is 0.321 e. The fourth-order valence-electron chi connectivity index (χ4n) is 2.65. The van der Waals surface area contributed by atoms with Crippen LogP contribution >= 0.6 is 11.3 Å². The zero-order valence-corrected chi connectivity index (χ0v) is 15.3. The van der Waals surface area contributed by atoms with Crippen LogP contribution in [0.5, 0.6) is 0 Å². The molecule has 0 fully saturated rings. The Hall–Kier alpha value is -2.05. The van der Waals surface area contributed by atoms with E-state index in [-0.39, 0.29) is 6.42 Å². The summed E-state index contributed by atoms with van der Waals surface area (Å²) in [6.07, 6.45) is 2.41. The maximum atomic E-state index is 11.5. The fourth-order valence-corrected chi connectivity index (χ4v) is 3.49. The quantitative estimate of drug-likeness (QED) is 0.637. The Kier molecular flexibility index (Phi) is 7.28. The largest absolute Gasteiger partial charge is 0.480 e. The Balaban J connectivity index is 2.00. The van der Waals surface area contributed by atoms with Crippen molar-refractivity contribution in [2.75, 3.05) is 0 Å². The minimum Gasteiger partial charge on any atom is -0.480 e. The van der Waals surface area contributed by atoms with Crippen molar-refractivity contribution in [3.05, 3.63) is 52.0 Å². The zero-order valence-electron chi connectivity index (χ0n) is 14.5. The predicted octanol–water partition coefficient (Wildman–Crippen LogP) is 2.93. The Morgan fingerprint density at radius 3 is 2.64 bits per heavy atom. The summed E-state index contributed by atoms with van der Waals surface area (Å²) in [7, 11) is 0. The van der Waals surface area contributed by atoms with E-state index in [4.69, 9.17) is 0 Å². The molecule has 0 saturated heterocycles. The standard InChI is InChI=1S/C19H24N2O3S/c1-13(2)8-15(11-22)20-17(19(23)24)10-16-12-25-18(21-16)9-14-6-4-3-5-7-14/h3-7,11-13,15,17,20H,8-10H2,1-2H3,(H,23,24)/t15-,17-/m0/s1. The topological polar surface area (TPSA) is 79.3 Å². The lowest BCUT2D eigenvalue weighted by Gasteiger charge is -2.20. The highest BCUT2D eigenvalue weighted by Gasteiger charge is 2.23. The van der Waals surface area contributed by atoms with Crippen LogP contribution in [0.15, 0.2) is 35.7 Å². The number of carboxylic acids is 1. The van der Waals surface area contributed by atoms with E-state index >= 15 is 0 Å². The van der Waals surface area contributed by atoms with Crippen LogP contribution in [0.4, 0.5) is 0 Å². The van der Waals surface area contributed by atoms with Crippen molar-refractivity contribution >= 4 is 23.6 Å². The van der Waals surface area contributed by atoms with Crippen LogP contribution in [-0.4, -0.2) is 34.4 Å². The van der Waals surface area contributed by atoms with Gasteiger partial charge in [-0.2, -0.15) is 0 Å². The molecule has 1 aromatic heterocycles. The molecule has 0 aliphatic rings. The van der Waals surface area contributed by atoms with Crippen molar-refractivity contribution in [3.63, 3.8) is 0 Å². The van der Waals surface area contributed by atoms with Crippen LogP contribution in [0.25, 0.3) is 0 Å². The highest BCUT2D eigenvalue weighted by Crippen LogP contribution is 2.16. The van der Waals surface area contributed by atoms with E-state index < -0.39 is 18.1 Å². The van der Waals surface area contributed by atoms with Crippen molar-refractivity contribution < 1.29 is 14.7 Å². The van der Waals surface area contributed by atoms with Crippen molar-refractivity contribution in [1.29, 1.82) is 0 Å². The molecule has 2 atom stereocenters. The summed E-state index contributed by atoms with van der Waals surface area (Å²) in [5.41, 5.74) is 1.92. The highest BCUT2D eigenvalue weighted by molar-refractivity contribution is 7.09. The molecular weight excluding hydrogens is 336 g/mol. The van der Waals surface area contributed by atoms with Crippen molar-refractivity contribution in [2.24, 2.45) is 5.92 Å². The van der Waals surface area contributed by atoms with E-state index in [1.165, 1.54) is 16.9 Å². The molecule has 1 aromatic carbocycles. The number of thiazole rings is 1. The summed E-state index contributed by atoms with van der Waals surface area (Å²) >= 11 is 1.53. The van der Waals surface area contributed by atoms with Gasteiger partial charge in [-0.05, 0) is 17.9 Å². The van der Waals surface area contributed by atoms with Gasteiger partial charge in [0.15, 0.2) is 0 Å². The minimum atomic E-state index is -0.965. The second-order valence-corrected chi connectivity index (χ2v) is 7.47. The van der Waals surface area contributed by atoms with Gasteiger partial charge >= 0.3 is 5.97 Å². The number of benzene rings is 1. The molecule has 0 radical (unpaired) electrons. The first-order valence-corrected chi connectivity index (χ1v) is 9.27. The van der Waals surface area contributed by atoms with E-state index in [1.54, 1.807) is 0 Å². The van der Waals surface area contributed by atoms with Crippen molar-refractivity contribution in [2.45, 2.75) is 45.2 Å². The van der Waals surface area contributed by atoms with Crippen LogP contribution in [0, 0.1) is 5.92 Å². The Morgan fingerprint density at radius 1 is 1.32 bits per heavy atom. The molecule has 0 aliphatic carbocycles. The average Bonchev–Trinajstić information content (AvgIpc) is 3.00. The maximum absolute atomic E-state index is 11.5. The predicted molar refractivity (Wildman–Crippen MR) is 98.9 cm³/mol. The number of hydrogen-bond donors (Lipinski definition) is 2. The summed E-state index contributed by atoms with van der Waals surface area (Å²) in [6, 6.07) is 8.77. The number of carbonyl (C=O) groups is 2. The molecule has 25 heavy (non-hydrogen) atoms. The van der Waals surface area contributed by atoms with E-state index in [1.807, 2.05) is 49.6 Å². The molecule has 0 unspecified atom stereocenters. The molecular formula is C19H24N2O3S. The van der Waals surface area contributed by atoms with E-state index in [9.17, 15) is 14.7 Å². The molecule has 5 nitrogen and oxygen atoms in total. The first-order chi connectivity index (χ1) is 12.0. The third kappa shape index (κ3) is 6.40. The highest BCUT2D eigenvalue weighted by atomic mass is 32.1. The average molecular weight is 360 g/mol. The lowest BCUT2D eigenvalue weighted by atomic mass is 10.0. The summed E-state index contributed by atoms with van der Waals surface area (Å²) in [5.74, 6) is -0.651. The lowest BCUT2D eigenvalue weighted by molar-refractivity contribution is -0.139. The van der Waals surface area contributed by atoms with Gasteiger partial charge in [0.1, 0.15) is 12.3 Å². The van der Waals surface area contributed by atoms with Gasteiger partial charge in [0.25, 0.3) is 0 Å². The van der Waals surface area contributed by atoms with Gasteiger partial charge in [-0.3, -0.25) is 10.1 Å². The van der Waals surface area contributed by atoms with Gasteiger partial charge in [0.05, 0.1) is 16.7 Å². The summed E-state index contributed by atoms with van der Waals surface area (Å²) in [6.45, 7) is 4.01. The molecule has 0 spiro atoms. The van der Waals surface area contributed by atoms with Gasteiger partial charge < -0.3 is 9.90 Å². The molecule has 2 N–H and O–H groups in total. The van der Waals surface area contributed by atoms with E-state index in [2.05, 4.69) is 10.3 Å². The van der Waals surface area contributed by atoms with Crippen molar-refractivity contribution in [3.8, 4) is 0 Å². The molecule has 2 aromatic rings. The molecule has 0 amide bonds. The van der Waals surface area contributed by atoms with Gasteiger partial charge in [0, 0.05) is 18.2 Å². The Labute approximate surface area is 152 Å². The van der Waals surface area contributed by atoms with Crippen LogP contribution in [0.2, 0.25) is 0 Å². The lowest BCUT2D eigenvalue weighted by Crippen LogP contribution is -2.46. The SMILES string of the molecule is CC(C)C[C@@H](C=O)N[C@@H](Cc1csc(Cc2ccccc2)n1)C(=O)O. The number of carbonyl (C=O) groups excluding carboxylic acids is 1. The van der Waals surface area contributed by atoms with E-state index in [0.29, 0.717) is 12.3 Å². The summed E-state index contributed by atoms with van der Waals surface area (Å²) in [5, 5.41) is 15.2. The molecule has 0 bridgehead atoms. The first kappa shape index (κ1) is 19.3. The molecule has 1 heterocycles. The normalized spacial score (nSPS) is 13.6. The number of hydrogen-bond acceptors (Lipinski definition) is 5. The molecule has 0 aliphatic heterocycles. The van der Waals surface area contributed by atoms with Gasteiger partial charge in [-0.15, -0.1) is 11.3 Å². The number of nitrogens with one attached hydrogen (secondary N) is 1. The third-order valence-corrected chi connectivity index (χ3v) is 4.71. The molecule has 0 saturated carbocycles. The third-order valence-electron chi connectivity index (χ3n) is 3.81. The summed E-state index contributed by atoms with van der Waals surface area (Å²) < 4.78 is 0. The number of carboxylic acid groups (broad SMARTS) is 1. The Morgan fingerprint density at radius 2 is 2.04 bits per heavy atom. The second kappa shape index (κ2) is 9.44.